The highest BCUT2D eigenvalue weighted by Crippen LogP contribution is 2.26. The van der Waals surface area contributed by atoms with E-state index in [0.29, 0.717) is 18.4 Å². The quantitative estimate of drug-likeness (QED) is 0.466. The zero-order valence-corrected chi connectivity index (χ0v) is 19.4. The van der Waals surface area contributed by atoms with Gasteiger partial charge in [-0.15, -0.1) is 0 Å². The minimum atomic E-state index is 0.561. The molecule has 0 aliphatic rings. The molecule has 0 bridgehead atoms. The number of benzene rings is 1. The van der Waals surface area contributed by atoms with Gasteiger partial charge in [0.25, 0.3) is 0 Å². The molecule has 0 radical (unpaired) electrons. The zero-order valence-electron chi connectivity index (χ0n) is 19.4. The van der Waals surface area contributed by atoms with E-state index in [4.69, 9.17) is 20.4 Å². The number of hydrogen-bond donors (Lipinski definition) is 2. The first-order valence-corrected chi connectivity index (χ1v) is 11.1. The van der Waals surface area contributed by atoms with Crippen LogP contribution >= 0.6 is 0 Å². The number of fused-ring (bicyclic) bond motifs is 1. The van der Waals surface area contributed by atoms with Crippen LogP contribution in [0.1, 0.15) is 34.1 Å². The van der Waals surface area contributed by atoms with Crippen molar-refractivity contribution in [1.82, 2.24) is 14.5 Å². The van der Waals surface area contributed by atoms with E-state index in [2.05, 4.69) is 54.6 Å². The number of imidazole rings is 1. The summed E-state index contributed by atoms with van der Waals surface area (Å²) >= 11 is 0. The Morgan fingerprint density at radius 2 is 1.68 bits per heavy atom. The van der Waals surface area contributed by atoms with Crippen LogP contribution in [0, 0.1) is 11.8 Å². The van der Waals surface area contributed by atoms with Crippen LogP contribution in [0.25, 0.3) is 11.2 Å². The average molecular weight is 425 g/mol. The van der Waals surface area contributed by atoms with E-state index >= 15 is 0 Å². The zero-order chi connectivity index (χ0) is 22.4. The number of nitrogens with two attached hydrogens (primary N) is 1. The Bertz CT molecular complexity index is 954. The first-order chi connectivity index (χ1) is 14.9. The largest absolute Gasteiger partial charge is 0.497 e. The molecule has 2 heterocycles. The number of nitrogens with zero attached hydrogens (tertiary/aromatic N) is 4. The van der Waals surface area contributed by atoms with E-state index in [1.165, 1.54) is 0 Å². The number of pyridine rings is 1. The summed E-state index contributed by atoms with van der Waals surface area (Å²) in [6.07, 6.45) is 0.858. The van der Waals surface area contributed by atoms with E-state index in [0.717, 1.165) is 60.4 Å². The molecule has 7 nitrogen and oxygen atoms in total. The Labute approximate surface area is 185 Å². The molecule has 3 aromatic rings. The van der Waals surface area contributed by atoms with Crippen LogP contribution in [0.4, 0.5) is 17.5 Å². The SMILES string of the molecule is COc1ccc(Nc2nc3ccc(N(CC(C)C)CC(C)C)nc3n2CCCN)cc1. The summed E-state index contributed by atoms with van der Waals surface area (Å²) in [5.41, 5.74) is 8.53. The van der Waals surface area contributed by atoms with Crippen LogP contribution in [-0.4, -0.2) is 41.3 Å². The Kier molecular flexibility index (Phi) is 7.74. The Hall–Kier alpha value is -2.80. The monoisotopic (exact) mass is 424 g/mol. The lowest BCUT2D eigenvalue weighted by Gasteiger charge is -2.27. The van der Waals surface area contributed by atoms with Gasteiger partial charge in [-0.25, -0.2) is 9.97 Å². The molecule has 0 saturated carbocycles. The van der Waals surface area contributed by atoms with Gasteiger partial charge < -0.3 is 20.7 Å². The van der Waals surface area contributed by atoms with Gasteiger partial charge >= 0.3 is 0 Å². The van der Waals surface area contributed by atoms with Crippen molar-refractivity contribution in [2.24, 2.45) is 17.6 Å². The topological polar surface area (TPSA) is 81.2 Å². The summed E-state index contributed by atoms with van der Waals surface area (Å²) in [6.45, 7) is 12.3. The van der Waals surface area contributed by atoms with E-state index in [1.54, 1.807) is 7.11 Å². The molecule has 0 spiro atoms. The van der Waals surface area contributed by atoms with Crippen LogP contribution in [0.3, 0.4) is 0 Å². The molecule has 0 fully saturated rings. The molecular weight excluding hydrogens is 388 g/mol. The lowest BCUT2D eigenvalue weighted by atomic mass is 10.1. The summed E-state index contributed by atoms with van der Waals surface area (Å²) in [5, 5.41) is 3.44. The van der Waals surface area contributed by atoms with Gasteiger partial charge in [0.05, 0.1) is 7.11 Å². The lowest BCUT2D eigenvalue weighted by Crippen LogP contribution is -2.32. The molecule has 0 saturated heterocycles. The predicted molar refractivity (Wildman–Crippen MR) is 129 cm³/mol. The molecule has 0 unspecified atom stereocenters. The molecule has 1 aromatic carbocycles. The molecule has 3 rings (SSSR count). The second kappa shape index (κ2) is 10.5. The van der Waals surface area contributed by atoms with Crippen molar-refractivity contribution in [3.63, 3.8) is 0 Å². The molecule has 31 heavy (non-hydrogen) atoms. The van der Waals surface area contributed by atoms with Crippen molar-refractivity contribution in [2.45, 2.75) is 40.7 Å². The second-order valence-electron chi connectivity index (χ2n) is 8.79. The second-order valence-corrected chi connectivity index (χ2v) is 8.79. The van der Waals surface area contributed by atoms with Crippen molar-refractivity contribution in [3.05, 3.63) is 36.4 Å². The van der Waals surface area contributed by atoms with Gasteiger partial charge in [-0.1, -0.05) is 27.7 Å². The summed E-state index contributed by atoms with van der Waals surface area (Å²) < 4.78 is 7.40. The van der Waals surface area contributed by atoms with Crippen molar-refractivity contribution < 1.29 is 4.74 Å². The van der Waals surface area contributed by atoms with E-state index in [-0.39, 0.29) is 0 Å². The number of hydrogen-bond acceptors (Lipinski definition) is 6. The van der Waals surface area contributed by atoms with Gasteiger partial charge in [-0.3, -0.25) is 4.57 Å². The molecule has 0 atom stereocenters. The molecule has 0 aliphatic heterocycles. The van der Waals surface area contributed by atoms with Crippen molar-refractivity contribution >= 4 is 28.6 Å². The van der Waals surface area contributed by atoms with Crippen LogP contribution in [0.5, 0.6) is 5.75 Å². The predicted octanol–water partition coefficient (Wildman–Crippen LogP) is 4.65. The molecule has 2 aromatic heterocycles. The van der Waals surface area contributed by atoms with Gasteiger partial charge in [0.15, 0.2) is 5.65 Å². The van der Waals surface area contributed by atoms with Crippen molar-refractivity contribution in [3.8, 4) is 5.75 Å². The smallest absolute Gasteiger partial charge is 0.209 e. The third-order valence-corrected chi connectivity index (χ3v) is 5.00. The van der Waals surface area contributed by atoms with Crippen LogP contribution < -0.4 is 20.7 Å². The minimum Gasteiger partial charge on any atom is -0.497 e. The summed E-state index contributed by atoms with van der Waals surface area (Å²) in [7, 11) is 1.67. The Morgan fingerprint density at radius 1 is 1.00 bits per heavy atom. The van der Waals surface area contributed by atoms with Crippen LogP contribution in [0.15, 0.2) is 36.4 Å². The number of methoxy groups -OCH3 is 1. The molecule has 7 heteroatoms. The van der Waals surface area contributed by atoms with Crippen LogP contribution in [0.2, 0.25) is 0 Å². The number of ether oxygens (including phenoxy) is 1. The average Bonchev–Trinajstić information content (AvgIpc) is 3.07. The number of aryl methyl sites for hydroxylation is 1. The lowest BCUT2D eigenvalue weighted by molar-refractivity contribution is 0.415. The number of rotatable bonds is 11. The maximum Gasteiger partial charge on any atom is 0.209 e. The van der Waals surface area contributed by atoms with E-state index < -0.39 is 0 Å². The van der Waals surface area contributed by atoms with E-state index in [9.17, 15) is 0 Å². The highest BCUT2D eigenvalue weighted by Gasteiger charge is 2.17. The maximum atomic E-state index is 5.81. The summed E-state index contributed by atoms with van der Waals surface area (Å²) in [5.74, 6) is 3.72. The fourth-order valence-electron chi connectivity index (χ4n) is 3.67. The molecule has 0 amide bonds. The Morgan fingerprint density at radius 3 is 2.26 bits per heavy atom. The molecule has 3 N–H and O–H groups in total. The standard InChI is InChI=1S/C24H36N6O/c1-17(2)15-29(16-18(3)4)22-12-11-21-23(28-22)30(14-6-13-25)24(27-21)26-19-7-9-20(31-5)10-8-19/h7-12,17-18H,6,13-16,25H2,1-5H3,(H,26,27). The van der Waals surface area contributed by atoms with Gasteiger partial charge in [-0.2, -0.15) is 0 Å². The number of anilines is 3. The van der Waals surface area contributed by atoms with Crippen molar-refractivity contribution in [1.29, 1.82) is 0 Å². The Balaban J connectivity index is 1.98. The normalized spacial score (nSPS) is 11.5. The third-order valence-electron chi connectivity index (χ3n) is 5.00. The molecule has 0 aliphatic carbocycles. The fraction of sp³-hybridized carbons (Fsp3) is 0.500. The highest BCUT2D eigenvalue weighted by atomic mass is 16.5. The van der Waals surface area contributed by atoms with Gasteiger partial charge in [-0.05, 0) is 61.2 Å². The van der Waals surface area contributed by atoms with Gasteiger partial charge in [0, 0.05) is 25.3 Å². The third kappa shape index (κ3) is 5.88. The van der Waals surface area contributed by atoms with Gasteiger partial charge in [0.2, 0.25) is 5.95 Å². The van der Waals surface area contributed by atoms with E-state index in [1.807, 2.05) is 24.3 Å². The first kappa shape index (κ1) is 22.9. The van der Waals surface area contributed by atoms with Gasteiger partial charge in [0.1, 0.15) is 17.1 Å². The van der Waals surface area contributed by atoms with Crippen molar-refractivity contribution in [2.75, 3.05) is 37.0 Å². The molecule has 168 valence electrons. The maximum absolute atomic E-state index is 5.81. The highest BCUT2D eigenvalue weighted by molar-refractivity contribution is 5.78. The summed E-state index contributed by atoms with van der Waals surface area (Å²) in [4.78, 5) is 12.3. The number of nitrogens with one attached hydrogen (secondary N) is 1. The minimum absolute atomic E-state index is 0.561. The number of aromatic nitrogens is 3. The molecular formula is C24H36N6O. The first-order valence-electron chi connectivity index (χ1n) is 11.1. The summed E-state index contributed by atoms with van der Waals surface area (Å²) in [6, 6.07) is 12.0. The fourth-order valence-corrected chi connectivity index (χ4v) is 3.67. The van der Waals surface area contributed by atoms with Crippen LogP contribution in [-0.2, 0) is 6.54 Å².